The maximum atomic E-state index is 12.5. The molecule has 0 spiro atoms. The van der Waals surface area contributed by atoms with Crippen molar-refractivity contribution in [2.45, 2.75) is 25.9 Å². The van der Waals surface area contributed by atoms with E-state index in [-0.39, 0.29) is 11.7 Å². The van der Waals surface area contributed by atoms with Gasteiger partial charge in [-0.3, -0.25) is 4.79 Å². The highest BCUT2D eigenvalue weighted by atomic mass is 32.2. The van der Waals surface area contributed by atoms with Crippen LogP contribution in [0.4, 0.5) is 5.69 Å². The molecular weight excluding hydrogens is 402 g/mol. The molecule has 0 aliphatic rings. The van der Waals surface area contributed by atoms with Gasteiger partial charge in [0.05, 0.1) is 25.5 Å². The minimum Gasteiger partial charge on any atom is -0.497 e. The number of carbonyl (C=O) groups excluding carboxylic acids is 1. The van der Waals surface area contributed by atoms with E-state index in [0.29, 0.717) is 28.0 Å². The van der Waals surface area contributed by atoms with Gasteiger partial charge >= 0.3 is 0 Å². The number of aryl methyl sites for hydroxylation is 3. The van der Waals surface area contributed by atoms with Crippen molar-refractivity contribution in [2.75, 3.05) is 31.1 Å². The van der Waals surface area contributed by atoms with Gasteiger partial charge in [-0.2, -0.15) is 0 Å². The minimum absolute atomic E-state index is 0.137. The number of ether oxygens (including phenoxy) is 2. The maximum Gasteiger partial charge on any atom is 0.234 e. The Morgan fingerprint density at radius 1 is 1.10 bits per heavy atom. The van der Waals surface area contributed by atoms with E-state index in [1.54, 1.807) is 32.4 Å². The molecule has 3 aromatic rings. The lowest BCUT2D eigenvalue weighted by molar-refractivity contribution is -0.113. The van der Waals surface area contributed by atoms with Gasteiger partial charge < -0.3 is 20.6 Å². The van der Waals surface area contributed by atoms with Crippen LogP contribution in [0.1, 0.15) is 16.7 Å². The Labute approximate surface area is 179 Å². The molecular formula is C21H25N5O3S. The molecule has 0 atom stereocenters. The molecule has 0 unspecified atom stereocenters. The summed E-state index contributed by atoms with van der Waals surface area (Å²) in [5, 5.41) is 11.7. The summed E-state index contributed by atoms with van der Waals surface area (Å²) in [5.74, 6) is 7.86. The van der Waals surface area contributed by atoms with Crippen LogP contribution in [-0.2, 0) is 4.79 Å². The molecule has 0 fully saturated rings. The van der Waals surface area contributed by atoms with Crippen molar-refractivity contribution in [1.29, 1.82) is 0 Å². The van der Waals surface area contributed by atoms with E-state index in [0.717, 1.165) is 22.4 Å². The van der Waals surface area contributed by atoms with Crippen LogP contribution in [-0.4, -0.2) is 40.8 Å². The Bertz CT molecular complexity index is 1060. The molecule has 3 rings (SSSR count). The molecule has 1 amide bonds. The second kappa shape index (κ2) is 9.08. The van der Waals surface area contributed by atoms with Gasteiger partial charge in [-0.05, 0) is 44.0 Å². The van der Waals surface area contributed by atoms with Crippen LogP contribution < -0.4 is 20.6 Å². The maximum absolute atomic E-state index is 12.5. The Kier molecular flexibility index (Phi) is 6.51. The predicted molar refractivity (Wildman–Crippen MR) is 119 cm³/mol. The molecule has 158 valence electrons. The first-order valence-corrected chi connectivity index (χ1v) is 10.3. The first-order valence-electron chi connectivity index (χ1n) is 9.27. The van der Waals surface area contributed by atoms with Crippen LogP contribution in [0.2, 0.25) is 0 Å². The number of nitrogens with zero attached hydrogens (tertiary/aromatic N) is 3. The van der Waals surface area contributed by atoms with Gasteiger partial charge in [0.2, 0.25) is 11.1 Å². The van der Waals surface area contributed by atoms with Crippen molar-refractivity contribution >= 4 is 23.4 Å². The van der Waals surface area contributed by atoms with Crippen molar-refractivity contribution in [2.24, 2.45) is 0 Å². The standard InChI is InChI=1S/C21H25N5O3S/c1-12-8-13(2)19(14(3)9-12)23-18(27)11-30-21-25-24-20(26(21)22)16-7-6-15(28-4)10-17(16)29-5/h6-10H,11,22H2,1-5H3,(H,23,27). The molecule has 1 heterocycles. The zero-order valence-corrected chi connectivity index (χ0v) is 18.5. The van der Waals surface area contributed by atoms with Crippen LogP contribution in [0.25, 0.3) is 11.4 Å². The average molecular weight is 428 g/mol. The Morgan fingerprint density at radius 3 is 2.43 bits per heavy atom. The number of aromatic nitrogens is 3. The summed E-state index contributed by atoms with van der Waals surface area (Å²) in [6.45, 7) is 5.99. The topological polar surface area (TPSA) is 104 Å². The summed E-state index contributed by atoms with van der Waals surface area (Å²) in [6.07, 6.45) is 0. The summed E-state index contributed by atoms with van der Waals surface area (Å²) in [5.41, 5.74) is 4.73. The molecule has 2 aromatic carbocycles. The highest BCUT2D eigenvalue weighted by Gasteiger charge is 2.18. The second-order valence-electron chi connectivity index (χ2n) is 6.85. The molecule has 30 heavy (non-hydrogen) atoms. The number of nitrogens with two attached hydrogens (primary N) is 1. The summed E-state index contributed by atoms with van der Waals surface area (Å²) in [7, 11) is 3.14. The molecule has 3 N–H and O–H groups in total. The number of nitrogens with one attached hydrogen (secondary N) is 1. The molecule has 0 aliphatic carbocycles. The highest BCUT2D eigenvalue weighted by molar-refractivity contribution is 7.99. The smallest absolute Gasteiger partial charge is 0.234 e. The fourth-order valence-corrected chi connectivity index (χ4v) is 3.88. The van der Waals surface area contributed by atoms with Crippen LogP contribution >= 0.6 is 11.8 Å². The number of anilines is 1. The first kappa shape index (κ1) is 21.5. The third-order valence-corrected chi connectivity index (χ3v) is 5.53. The van der Waals surface area contributed by atoms with Gasteiger partial charge in [-0.15, -0.1) is 10.2 Å². The number of carbonyl (C=O) groups is 1. The number of benzene rings is 2. The van der Waals surface area contributed by atoms with E-state index >= 15 is 0 Å². The van der Waals surface area contributed by atoms with Gasteiger partial charge in [0, 0.05) is 11.8 Å². The third kappa shape index (κ3) is 4.51. The molecule has 1 aromatic heterocycles. The number of rotatable bonds is 7. The Balaban J connectivity index is 1.73. The van der Waals surface area contributed by atoms with Gasteiger partial charge in [0.15, 0.2) is 5.82 Å². The predicted octanol–water partition coefficient (Wildman–Crippen LogP) is 3.33. The summed E-state index contributed by atoms with van der Waals surface area (Å²) in [4.78, 5) is 12.5. The summed E-state index contributed by atoms with van der Waals surface area (Å²) < 4.78 is 12.0. The van der Waals surface area contributed by atoms with E-state index in [4.69, 9.17) is 15.3 Å². The van der Waals surface area contributed by atoms with Crippen molar-refractivity contribution < 1.29 is 14.3 Å². The van der Waals surface area contributed by atoms with Gasteiger partial charge in [-0.1, -0.05) is 29.5 Å². The average Bonchev–Trinajstić information content (AvgIpc) is 3.08. The van der Waals surface area contributed by atoms with E-state index < -0.39 is 0 Å². The number of hydrogen-bond donors (Lipinski definition) is 2. The molecule has 0 radical (unpaired) electrons. The lowest BCUT2D eigenvalue weighted by Gasteiger charge is -2.12. The SMILES string of the molecule is COc1ccc(-c2nnc(SCC(=O)Nc3c(C)cc(C)cc3C)n2N)c(OC)c1. The van der Waals surface area contributed by atoms with Crippen LogP contribution in [0, 0.1) is 20.8 Å². The first-order chi connectivity index (χ1) is 14.3. The van der Waals surface area contributed by atoms with Crippen molar-refractivity contribution in [3.63, 3.8) is 0 Å². The molecule has 0 aliphatic heterocycles. The van der Waals surface area contributed by atoms with Crippen molar-refractivity contribution in [1.82, 2.24) is 14.9 Å². The molecule has 0 bridgehead atoms. The van der Waals surface area contributed by atoms with Crippen LogP contribution in [0.3, 0.4) is 0 Å². The monoisotopic (exact) mass is 427 g/mol. The molecule has 9 heteroatoms. The van der Waals surface area contributed by atoms with E-state index in [1.807, 2.05) is 32.9 Å². The lowest BCUT2D eigenvalue weighted by Crippen LogP contribution is -2.17. The number of thioether (sulfide) groups is 1. The van der Waals surface area contributed by atoms with Gasteiger partial charge in [0.25, 0.3) is 0 Å². The van der Waals surface area contributed by atoms with E-state index in [2.05, 4.69) is 15.5 Å². The molecule has 0 saturated carbocycles. The summed E-state index contributed by atoms with van der Waals surface area (Å²) >= 11 is 1.21. The van der Waals surface area contributed by atoms with Crippen molar-refractivity contribution in [3.8, 4) is 22.9 Å². The zero-order valence-electron chi connectivity index (χ0n) is 17.6. The Hall–Kier alpha value is -3.20. The number of nitrogen functional groups attached to an aromatic ring is 1. The second-order valence-corrected chi connectivity index (χ2v) is 7.80. The summed E-state index contributed by atoms with van der Waals surface area (Å²) in [6, 6.07) is 9.42. The van der Waals surface area contributed by atoms with E-state index in [1.165, 1.54) is 16.4 Å². The van der Waals surface area contributed by atoms with Gasteiger partial charge in [0.1, 0.15) is 11.5 Å². The fourth-order valence-electron chi connectivity index (χ4n) is 3.23. The fraction of sp³-hybridized carbons (Fsp3) is 0.286. The lowest BCUT2D eigenvalue weighted by atomic mass is 10.1. The number of amides is 1. The van der Waals surface area contributed by atoms with Crippen LogP contribution in [0.15, 0.2) is 35.5 Å². The Morgan fingerprint density at radius 2 is 1.80 bits per heavy atom. The highest BCUT2D eigenvalue weighted by Crippen LogP contribution is 2.33. The largest absolute Gasteiger partial charge is 0.497 e. The number of methoxy groups -OCH3 is 2. The van der Waals surface area contributed by atoms with Gasteiger partial charge in [-0.25, -0.2) is 4.68 Å². The van der Waals surface area contributed by atoms with Crippen LogP contribution in [0.5, 0.6) is 11.5 Å². The third-order valence-electron chi connectivity index (χ3n) is 4.59. The quantitative estimate of drug-likeness (QED) is 0.440. The van der Waals surface area contributed by atoms with Crippen molar-refractivity contribution in [3.05, 3.63) is 47.0 Å². The molecule has 0 saturated heterocycles. The normalized spacial score (nSPS) is 10.7. The number of hydrogen-bond acceptors (Lipinski definition) is 7. The minimum atomic E-state index is -0.137. The van der Waals surface area contributed by atoms with E-state index in [9.17, 15) is 4.79 Å². The molecule has 8 nitrogen and oxygen atoms in total. The zero-order chi connectivity index (χ0) is 21.8.